The summed E-state index contributed by atoms with van der Waals surface area (Å²) in [5, 5.41) is 12.5. The number of carbonyl (C=O) groups is 3. The zero-order chi connectivity index (χ0) is 24.4. The lowest BCUT2D eigenvalue weighted by molar-refractivity contribution is -0.157. The van der Waals surface area contributed by atoms with Crippen LogP contribution in [0.2, 0.25) is 0 Å². The molecule has 1 aliphatic heterocycles. The molecular weight excluding hydrogens is 444 g/mol. The van der Waals surface area contributed by atoms with E-state index in [0.717, 1.165) is 36.8 Å². The molecular formula is C28H32N2O5. The number of alkyl carbamates (subject to hydrolysis) is 1. The molecule has 2 aromatic rings. The number of benzene rings is 2. The number of rotatable bonds is 6. The Balaban J connectivity index is 1.24. The first kappa shape index (κ1) is 23.4. The molecule has 0 bridgehead atoms. The molecule has 2 N–H and O–H groups in total. The molecule has 0 radical (unpaired) electrons. The van der Waals surface area contributed by atoms with E-state index in [9.17, 15) is 19.5 Å². The van der Waals surface area contributed by atoms with Crippen LogP contribution < -0.4 is 5.32 Å². The second-order valence-corrected chi connectivity index (χ2v) is 10.0. The molecule has 3 aliphatic rings. The lowest BCUT2D eigenvalue weighted by Crippen LogP contribution is -2.55. The summed E-state index contributed by atoms with van der Waals surface area (Å²) in [6, 6.07) is 15.6. The third-order valence-electron chi connectivity index (χ3n) is 7.98. The van der Waals surface area contributed by atoms with Gasteiger partial charge >= 0.3 is 12.1 Å². The lowest BCUT2D eigenvalue weighted by Gasteiger charge is -2.39. The van der Waals surface area contributed by atoms with Gasteiger partial charge in [-0.15, -0.1) is 0 Å². The van der Waals surface area contributed by atoms with Crippen molar-refractivity contribution in [3.05, 3.63) is 59.7 Å². The van der Waals surface area contributed by atoms with Crippen molar-refractivity contribution in [1.29, 1.82) is 0 Å². The summed E-state index contributed by atoms with van der Waals surface area (Å²) in [5.41, 5.74) is 3.88. The first-order chi connectivity index (χ1) is 17.0. The molecule has 184 valence electrons. The largest absolute Gasteiger partial charge is 0.480 e. The van der Waals surface area contributed by atoms with Crippen LogP contribution in [-0.4, -0.2) is 53.7 Å². The highest BCUT2D eigenvalue weighted by Gasteiger charge is 2.47. The van der Waals surface area contributed by atoms with Crippen LogP contribution >= 0.6 is 0 Å². The Bertz CT molecular complexity index is 1080. The average molecular weight is 477 g/mol. The van der Waals surface area contributed by atoms with Gasteiger partial charge < -0.3 is 20.1 Å². The SMILES string of the molecule is O=C(NCC1(C(=O)N2CCCC[C@@H]2C(=O)O)CCCC1)OCC1c2ccccc2-c2ccccc21. The van der Waals surface area contributed by atoms with E-state index in [-0.39, 0.29) is 25.0 Å². The first-order valence-corrected chi connectivity index (χ1v) is 12.6. The molecule has 1 atom stereocenters. The van der Waals surface area contributed by atoms with Gasteiger partial charge in [-0.2, -0.15) is 0 Å². The quantitative estimate of drug-likeness (QED) is 0.638. The molecule has 1 heterocycles. The standard InChI is InChI=1S/C28H32N2O5/c31-25(32)24-13-5-8-16-30(24)26(33)28(14-6-7-15-28)18-29-27(34)35-17-23-21-11-3-1-9-19(21)20-10-2-4-12-22(20)23/h1-4,9-12,23-24H,5-8,13-18H2,(H,29,34)(H,31,32)/t24-/m1/s1. The van der Waals surface area contributed by atoms with Gasteiger partial charge in [-0.05, 0) is 54.4 Å². The monoisotopic (exact) mass is 476 g/mol. The minimum Gasteiger partial charge on any atom is -0.480 e. The lowest BCUT2D eigenvalue weighted by atomic mass is 9.83. The fraction of sp³-hybridized carbons (Fsp3) is 0.464. The van der Waals surface area contributed by atoms with Gasteiger partial charge in [-0.25, -0.2) is 9.59 Å². The van der Waals surface area contributed by atoms with Crippen LogP contribution in [0.3, 0.4) is 0 Å². The van der Waals surface area contributed by atoms with Gasteiger partial charge in [-0.3, -0.25) is 4.79 Å². The summed E-state index contributed by atoms with van der Waals surface area (Å²) in [5.74, 6) is -1.11. The van der Waals surface area contributed by atoms with Crippen molar-refractivity contribution in [2.75, 3.05) is 19.7 Å². The Morgan fingerprint density at radius 2 is 1.57 bits per heavy atom. The van der Waals surface area contributed by atoms with Gasteiger partial charge in [0.2, 0.25) is 5.91 Å². The molecule has 2 aliphatic carbocycles. The number of carbonyl (C=O) groups excluding carboxylic acids is 2. The van der Waals surface area contributed by atoms with Crippen LogP contribution in [0.15, 0.2) is 48.5 Å². The van der Waals surface area contributed by atoms with E-state index < -0.39 is 23.5 Å². The van der Waals surface area contributed by atoms with Gasteiger partial charge in [0.05, 0.1) is 5.41 Å². The minimum absolute atomic E-state index is 0.0279. The maximum Gasteiger partial charge on any atom is 0.407 e. The summed E-state index contributed by atoms with van der Waals surface area (Å²) < 4.78 is 5.66. The third-order valence-corrected chi connectivity index (χ3v) is 7.98. The number of nitrogens with one attached hydrogen (secondary N) is 1. The van der Waals surface area contributed by atoms with Crippen molar-refractivity contribution >= 4 is 18.0 Å². The second kappa shape index (κ2) is 9.72. The summed E-state index contributed by atoms with van der Waals surface area (Å²) in [4.78, 5) is 39.6. The molecule has 1 saturated heterocycles. The topological polar surface area (TPSA) is 95.9 Å². The maximum absolute atomic E-state index is 13.6. The van der Waals surface area contributed by atoms with Crippen molar-refractivity contribution < 1.29 is 24.2 Å². The Morgan fingerprint density at radius 1 is 0.943 bits per heavy atom. The Kier molecular flexibility index (Phi) is 6.50. The van der Waals surface area contributed by atoms with Crippen LogP contribution in [0.25, 0.3) is 11.1 Å². The minimum atomic E-state index is -0.948. The highest BCUT2D eigenvalue weighted by atomic mass is 16.5. The first-order valence-electron chi connectivity index (χ1n) is 12.6. The van der Waals surface area contributed by atoms with E-state index >= 15 is 0 Å². The number of piperidine rings is 1. The fourth-order valence-corrected chi connectivity index (χ4v) is 6.14. The zero-order valence-corrected chi connectivity index (χ0v) is 19.9. The van der Waals surface area contributed by atoms with Crippen LogP contribution in [0.5, 0.6) is 0 Å². The smallest absolute Gasteiger partial charge is 0.407 e. The zero-order valence-electron chi connectivity index (χ0n) is 19.9. The molecule has 5 rings (SSSR count). The van der Waals surface area contributed by atoms with E-state index in [2.05, 4.69) is 29.6 Å². The molecule has 2 fully saturated rings. The van der Waals surface area contributed by atoms with Gasteiger partial charge in [0.15, 0.2) is 0 Å². The normalized spacial score (nSPS) is 20.7. The Hall–Kier alpha value is -3.35. The highest BCUT2D eigenvalue weighted by Crippen LogP contribution is 2.44. The highest BCUT2D eigenvalue weighted by molar-refractivity contribution is 5.88. The molecule has 0 unspecified atom stereocenters. The van der Waals surface area contributed by atoms with Crippen molar-refractivity contribution in [3.8, 4) is 11.1 Å². The molecule has 0 spiro atoms. The Morgan fingerprint density at radius 3 is 2.20 bits per heavy atom. The van der Waals surface area contributed by atoms with Crippen molar-refractivity contribution in [3.63, 3.8) is 0 Å². The van der Waals surface area contributed by atoms with E-state index in [4.69, 9.17) is 4.74 Å². The summed E-state index contributed by atoms with van der Waals surface area (Å²) in [6.45, 7) is 0.849. The van der Waals surface area contributed by atoms with Gasteiger partial charge in [0.25, 0.3) is 0 Å². The molecule has 7 heteroatoms. The van der Waals surface area contributed by atoms with Gasteiger partial charge in [0, 0.05) is 19.0 Å². The van der Waals surface area contributed by atoms with Crippen LogP contribution in [0, 0.1) is 5.41 Å². The van der Waals surface area contributed by atoms with E-state index in [1.165, 1.54) is 16.0 Å². The maximum atomic E-state index is 13.6. The summed E-state index contributed by atoms with van der Waals surface area (Å²) in [7, 11) is 0. The van der Waals surface area contributed by atoms with E-state index in [1.807, 2.05) is 24.3 Å². The van der Waals surface area contributed by atoms with Crippen LogP contribution in [-0.2, 0) is 14.3 Å². The van der Waals surface area contributed by atoms with Crippen LogP contribution in [0.4, 0.5) is 4.79 Å². The van der Waals surface area contributed by atoms with Crippen molar-refractivity contribution in [2.24, 2.45) is 5.41 Å². The number of fused-ring (bicyclic) bond motifs is 3. The Labute approximate surface area is 205 Å². The number of hydrogen-bond donors (Lipinski definition) is 2. The van der Waals surface area contributed by atoms with Crippen molar-refractivity contribution in [2.45, 2.75) is 56.9 Å². The van der Waals surface area contributed by atoms with Gasteiger partial charge in [-0.1, -0.05) is 61.4 Å². The molecule has 2 aromatic carbocycles. The molecule has 7 nitrogen and oxygen atoms in total. The molecule has 1 saturated carbocycles. The van der Waals surface area contributed by atoms with E-state index in [0.29, 0.717) is 25.8 Å². The molecule has 0 aromatic heterocycles. The number of likely N-dealkylation sites (tertiary alicyclic amines) is 1. The number of amides is 2. The number of carboxylic acids is 1. The number of ether oxygens (including phenoxy) is 1. The summed E-state index contributed by atoms with van der Waals surface area (Å²) >= 11 is 0. The van der Waals surface area contributed by atoms with E-state index in [1.54, 1.807) is 0 Å². The van der Waals surface area contributed by atoms with Gasteiger partial charge in [0.1, 0.15) is 12.6 Å². The van der Waals surface area contributed by atoms with Crippen LogP contribution in [0.1, 0.15) is 62.0 Å². The number of nitrogens with zero attached hydrogens (tertiary/aromatic N) is 1. The predicted molar refractivity (Wildman–Crippen MR) is 131 cm³/mol. The second-order valence-electron chi connectivity index (χ2n) is 10.0. The summed E-state index contributed by atoms with van der Waals surface area (Å²) in [6.07, 6.45) is 4.65. The average Bonchev–Trinajstić information content (AvgIpc) is 3.49. The third kappa shape index (κ3) is 4.40. The fourth-order valence-electron chi connectivity index (χ4n) is 6.14. The molecule has 2 amide bonds. The number of aliphatic carboxylic acids is 1. The number of carboxylic acid groups (broad SMARTS) is 1. The number of hydrogen-bond acceptors (Lipinski definition) is 4. The molecule has 35 heavy (non-hydrogen) atoms. The predicted octanol–water partition coefficient (Wildman–Crippen LogP) is 4.55. The van der Waals surface area contributed by atoms with Crippen molar-refractivity contribution in [1.82, 2.24) is 10.2 Å².